The zero-order chi connectivity index (χ0) is 16.8. The number of rotatable bonds is 5. The topological polar surface area (TPSA) is 67.1 Å². The third-order valence-corrected chi connectivity index (χ3v) is 3.58. The highest BCUT2D eigenvalue weighted by Gasteiger charge is 2.10. The Morgan fingerprint density at radius 1 is 1.42 bits per heavy atom. The fourth-order valence-electron chi connectivity index (χ4n) is 2.09. The van der Waals surface area contributed by atoms with Crippen molar-refractivity contribution < 1.29 is 4.39 Å². The van der Waals surface area contributed by atoms with Crippen molar-refractivity contribution in [3.05, 3.63) is 47.3 Å². The minimum Gasteiger partial charge on any atom is -0.357 e. The summed E-state index contributed by atoms with van der Waals surface area (Å²) in [6.07, 6.45) is 1.64. The molecule has 132 valence electrons. The maximum absolute atomic E-state index is 13.7. The number of nitrogens with zero attached hydrogens (tertiary/aromatic N) is 4. The van der Waals surface area contributed by atoms with Gasteiger partial charge in [-0.25, -0.2) is 9.38 Å². The molecule has 2 rings (SSSR count). The van der Waals surface area contributed by atoms with Gasteiger partial charge in [0.15, 0.2) is 11.8 Å². The van der Waals surface area contributed by atoms with Crippen LogP contribution in [0.1, 0.15) is 36.8 Å². The Bertz CT molecular complexity index is 685. The van der Waals surface area contributed by atoms with Gasteiger partial charge < -0.3 is 15.2 Å². The lowest BCUT2D eigenvalue weighted by Crippen LogP contribution is -2.38. The van der Waals surface area contributed by atoms with E-state index in [0.29, 0.717) is 18.1 Å². The van der Waals surface area contributed by atoms with Crippen LogP contribution in [-0.4, -0.2) is 27.3 Å². The van der Waals surface area contributed by atoms with E-state index in [0.717, 1.165) is 17.9 Å². The maximum Gasteiger partial charge on any atom is 0.192 e. The van der Waals surface area contributed by atoms with E-state index in [1.54, 1.807) is 25.4 Å². The largest absolute Gasteiger partial charge is 0.357 e. The Labute approximate surface area is 159 Å². The summed E-state index contributed by atoms with van der Waals surface area (Å²) in [5.74, 6) is 1.23. The van der Waals surface area contributed by atoms with Gasteiger partial charge >= 0.3 is 0 Å². The van der Waals surface area contributed by atoms with Gasteiger partial charge in [0.05, 0.1) is 6.04 Å². The van der Waals surface area contributed by atoms with E-state index >= 15 is 0 Å². The molecule has 0 radical (unpaired) electrons. The number of guanidine groups is 1. The Morgan fingerprint density at radius 2 is 2.17 bits per heavy atom. The van der Waals surface area contributed by atoms with Crippen LogP contribution >= 0.6 is 24.0 Å². The first-order valence-electron chi connectivity index (χ1n) is 7.65. The number of aromatic nitrogens is 3. The molecule has 1 heterocycles. The third kappa shape index (κ3) is 5.43. The Balaban J connectivity index is 0.00000288. The van der Waals surface area contributed by atoms with Crippen LogP contribution in [0.2, 0.25) is 0 Å². The monoisotopic (exact) mass is 446 g/mol. The first-order valence-corrected chi connectivity index (χ1v) is 7.65. The zero-order valence-corrected chi connectivity index (χ0v) is 16.7. The van der Waals surface area contributed by atoms with Gasteiger partial charge in [0.2, 0.25) is 0 Å². The SMILES string of the molecule is CCNC(=NCc1nncn1C)NC(C)c1ccc(C)c(F)c1.I. The Hall–Kier alpha value is -1.71. The summed E-state index contributed by atoms with van der Waals surface area (Å²) in [4.78, 5) is 4.50. The van der Waals surface area contributed by atoms with E-state index < -0.39 is 0 Å². The van der Waals surface area contributed by atoms with Gasteiger partial charge in [-0.05, 0) is 38.0 Å². The van der Waals surface area contributed by atoms with E-state index in [9.17, 15) is 4.39 Å². The molecule has 0 amide bonds. The van der Waals surface area contributed by atoms with Gasteiger partial charge in [-0.3, -0.25) is 0 Å². The molecule has 8 heteroatoms. The number of aliphatic imine (C=N–C) groups is 1. The molecule has 0 spiro atoms. The van der Waals surface area contributed by atoms with Crippen LogP contribution in [0.15, 0.2) is 29.5 Å². The molecule has 1 atom stereocenters. The highest BCUT2D eigenvalue weighted by molar-refractivity contribution is 14.0. The molecular formula is C16H24FIN6. The van der Waals surface area contributed by atoms with Gasteiger partial charge in [-0.2, -0.15) is 0 Å². The normalized spacial score (nSPS) is 12.5. The molecule has 2 aromatic rings. The minimum atomic E-state index is -0.197. The number of aryl methyl sites for hydroxylation is 2. The van der Waals surface area contributed by atoms with E-state index in [4.69, 9.17) is 0 Å². The average molecular weight is 446 g/mol. The van der Waals surface area contributed by atoms with E-state index in [-0.39, 0.29) is 35.8 Å². The standard InChI is InChI=1S/C16H23FN6.HI/c1-5-18-16(19-9-15-22-20-10-23(15)4)21-12(3)13-7-6-11(2)14(17)8-13;/h6-8,10,12H,5,9H2,1-4H3,(H2,18,19,21);1H. The van der Waals surface area contributed by atoms with Crippen molar-refractivity contribution in [2.24, 2.45) is 12.0 Å². The molecule has 0 saturated heterocycles. The lowest BCUT2D eigenvalue weighted by molar-refractivity contribution is 0.607. The summed E-state index contributed by atoms with van der Waals surface area (Å²) in [5, 5.41) is 14.3. The quantitative estimate of drug-likeness (QED) is 0.421. The number of hydrogen-bond acceptors (Lipinski definition) is 3. The fraction of sp³-hybridized carbons (Fsp3) is 0.438. The smallest absolute Gasteiger partial charge is 0.192 e. The maximum atomic E-state index is 13.7. The number of hydrogen-bond donors (Lipinski definition) is 2. The summed E-state index contributed by atoms with van der Waals surface area (Å²) >= 11 is 0. The molecule has 0 fully saturated rings. The summed E-state index contributed by atoms with van der Waals surface area (Å²) in [5.41, 5.74) is 1.51. The Kier molecular flexibility index (Phi) is 8.09. The predicted molar refractivity (Wildman–Crippen MR) is 104 cm³/mol. The Morgan fingerprint density at radius 3 is 2.75 bits per heavy atom. The van der Waals surface area contributed by atoms with Crippen molar-refractivity contribution in [1.82, 2.24) is 25.4 Å². The second kappa shape index (κ2) is 9.55. The molecular weight excluding hydrogens is 422 g/mol. The van der Waals surface area contributed by atoms with Gasteiger partial charge in [0.25, 0.3) is 0 Å². The van der Waals surface area contributed by atoms with Gasteiger partial charge in [0, 0.05) is 13.6 Å². The lowest BCUT2D eigenvalue weighted by Gasteiger charge is -2.18. The highest BCUT2D eigenvalue weighted by atomic mass is 127. The van der Waals surface area contributed by atoms with Crippen LogP contribution in [0, 0.1) is 12.7 Å². The second-order valence-electron chi connectivity index (χ2n) is 5.43. The van der Waals surface area contributed by atoms with Crippen LogP contribution in [0.25, 0.3) is 0 Å². The van der Waals surface area contributed by atoms with Crippen LogP contribution in [0.3, 0.4) is 0 Å². The van der Waals surface area contributed by atoms with Crippen LogP contribution in [0.4, 0.5) is 4.39 Å². The molecule has 24 heavy (non-hydrogen) atoms. The van der Waals surface area contributed by atoms with Crippen molar-refractivity contribution in [2.45, 2.75) is 33.4 Å². The molecule has 0 bridgehead atoms. The van der Waals surface area contributed by atoms with Gasteiger partial charge in [0.1, 0.15) is 18.7 Å². The van der Waals surface area contributed by atoms with Crippen molar-refractivity contribution >= 4 is 29.9 Å². The molecule has 2 N–H and O–H groups in total. The third-order valence-electron chi connectivity index (χ3n) is 3.58. The molecule has 1 aromatic carbocycles. The molecule has 0 aliphatic heterocycles. The number of nitrogens with one attached hydrogen (secondary N) is 2. The predicted octanol–water partition coefficient (Wildman–Crippen LogP) is 2.70. The number of benzene rings is 1. The minimum absolute atomic E-state index is 0. The van der Waals surface area contributed by atoms with Crippen LogP contribution in [0.5, 0.6) is 0 Å². The molecule has 1 aromatic heterocycles. The van der Waals surface area contributed by atoms with Crippen molar-refractivity contribution in [3.8, 4) is 0 Å². The van der Waals surface area contributed by atoms with Gasteiger partial charge in [-0.1, -0.05) is 12.1 Å². The van der Waals surface area contributed by atoms with E-state index in [1.807, 2.05) is 31.5 Å². The van der Waals surface area contributed by atoms with Crippen molar-refractivity contribution in [3.63, 3.8) is 0 Å². The molecule has 0 saturated carbocycles. The van der Waals surface area contributed by atoms with Gasteiger partial charge in [-0.15, -0.1) is 34.2 Å². The van der Waals surface area contributed by atoms with Crippen molar-refractivity contribution in [2.75, 3.05) is 6.54 Å². The first-order chi connectivity index (χ1) is 11.0. The molecule has 1 unspecified atom stereocenters. The lowest BCUT2D eigenvalue weighted by atomic mass is 10.1. The van der Waals surface area contributed by atoms with E-state index in [1.165, 1.54) is 0 Å². The summed E-state index contributed by atoms with van der Waals surface area (Å²) < 4.78 is 15.5. The zero-order valence-electron chi connectivity index (χ0n) is 14.4. The average Bonchev–Trinajstić information content (AvgIpc) is 2.93. The molecule has 6 nitrogen and oxygen atoms in total. The first kappa shape index (κ1) is 20.3. The van der Waals surface area contributed by atoms with Crippen LogP contribution < -0.4 is 10.6 Å². The molecule has 0 aliphatic carbocycles. The fourth-order valence-corrected chi connectivity index (χ4v) is 2.09. The second-order valence-corrected chi connectivity index (χ2v) is 5.43. The van der Waals surface area contributed by atoms with E-state index in [2.05, 4.69) is 25.8 Å². The summed E-state index contributed by atoms with van der Waals surface area (Å²) in [6, 6.07) is 5.19. The summed E-state index contributed by atoms with van der Waals surface area (Å²) in [7, 11) is 1.88. The summed E-state index contributed by atoms with van der Waals surface area (Å²) in [6.45, 7) is 6.87. The van der Waals surface area contributed by atoms with Crippen LogP contribution in [-0.2, 0) is 13.6 Å². The van der Waals surface area contributed by atoms with Crippen molar-refractivity contribution in [1.29, 1.82) is 0 Å². The number of halogens is 2. The highest BCUT2D eigenvalue weighted by Crippen LogP contribution is 2.16. The molecule has 0 aliphatic rings.